The van der Waals surface area contributed by atoms with Crippen LogP contribution in [0.3, 0.4) is 0 Å². The van der Waals surface area contributed by atoms with Gasteiger partial charge in [-0.1, -0.05) is 18.6 Å². The van der Waals surface area contributed by atoms with E-state index in [1.54, 1.807) is 0 Å². The summed E-state index contributed by atoms with van der Waals surface area (Å²) < 4.78 is 0. The molecule has 1 amide bonds. The monoisotopic (exact) mass is 274 g/mol. The van der Waals surface area contributed by atoms with Crippen LogP contribution >= 0.6 is 0 Å². The molecule has 0 spiro atoms. The van der Waals surface area contributed by atoms with Crippen molar-refractivity contribution in [3.63, 3.8) is 0 Å². The molecule has 3 rings (SSSR count). The molecular formula is C16H22N2O2. The molecule has 0 unspecified atom stereocenters. The van der Waals surface area contributed by atoms with Crippen LogP contribution in [0.25, 0.3) is 0 Å². The van der Waals surface area contributed by atoms with Gasteiger partial charge in [0, 0.05) is 18.7 Å². The number of hydrogen-bond acceptors (Lipinski definition) is 3. The van der Waals surface area contributed by atoms with E-state index in [-0.39, 0.29) is 5.91 Å². The molecular weight excluding hydrogens is 252 g/mol. The minimum atomic E-state index is -1.50. The molecule has 2 aliphatic heterocycles. The van der Waals surface area contributed by atoms with Gasteiger partial charge in [0.05, 0.1) is 5.69 Å². The molecule has 0 aliphatic carbocycles. The van der Waals surface area contributed by atoms with Gasteiger partial charge in [-0.25, -0.2) is 0 Å². The third-order valence-corrected chi connectivity index (χ3v) is 4.53. The molecule has 1 aromatic rings. The Morgan fingerprint density at radius 1 is 1.40 bits per heavy atom. The van der Waals surface area contributed by atoms with Crippen molar-refractivity contribution < 1.29 is 9.90 Å². The predicted octanol–water partition coefficient (Wildman–Crippen LogP) is 2.13. The Labute approximate surface area is 119 Å². The molecule has 108 valence electrons. The second-order valence-electron chi connectivity index (χ2n) is 6.32. The Kier molecular flexibility index (Phi) is 3.10. The molecule has 0 aromatic heterocycles. The molecule has 20 heavy (non-hydrogen) atoms. The summed E-state index contributed by atoms with van der Waals surface area (Å²) in [6.45, 7) is 7.66. The molecule has 1 aromatic carbocycles. The molecule has 4 nitrogen and oxygen atoms in total. The van der Waals surface area contributed by atoms with E-state index in [1.807, 2.05) is 30.9 Å². The lowest BCUT2D eigenvalue weighted by Crippen LogP contribution is -2.54. The topological polar surface area (TPSA) is 52.6 Å². The fourth-order valence-electron chi connectivity index (χ4n) is 3.53. The van der Waals surface area contributed by atoms with Gasteiger partial charge in [-0.05, 0) is 44.2 Å². The molecule has 0 bridgehead atoms. The summed E-state index contributed by atoms with van der Waals surface area (Å²) in [7, 11) is 0. The number of likely N-dealkylation sites (tertiary alicyclic amines) is 1. The second-order valence-corrected chi connectivity index (χ2v) is 6.32. The molecule has 0 saturated carbocycles. The first-order valence-corrected chi connectivity index (χ1v) is 7.33. The minimum Gasteiger partial charge on any atom is -0.364 e. The van der Waals surface area contributed by atoms with Gasteiger partial charge >= 0.3 is 0 Å². The number of benzene rings is 1. The van der Waals surface area contributed by atoms with Gasteiger partial charge in [0.25, 0.3) is 5.91 Å². The maximum atomic E-state index is 12.4. The normalized spacial score (nSPS) is 30.2. The Morgan fingerprint density at radius 3 is 2.85 bits per heavy atom. The fraction of sp³-hybridized carbons (Fsp3) is 0.562. The second kappa shape index (κ2) is 4.57. The van der Waals surface area contributed by atoms with E-state index in [1.165, 1.54) is 0 Å². The summed E-state index contributed by atoms with van der Waals surface area (Å²) >= 11 is 0. The molecule has 2 atom stereocenters. The summed E-state index contributed by atoms with van der Waals surface area (Å²) in [5.74, 6) is 0.200. The van der Waals surface area contributed by atoms with Crippen LogP contribution in [0.1, 0.15) is 36.5 Å². The number of piperidine rings is 1. The molecule has 4 heteroatoms. The van der Waals surface area contributed by atoms with Crippen molar-refractivity contribution in [1.82, 2.24) is 4.90 Å². The fourth-order valence-corrected chi connectivity index (χ4v) is 3.53. The minimum absolute atomic E-state index is 0.310. The number of aliphatic hydroxyl groups is 1. The van der Waals surface area contributed by atoms with Crippen molar-refractivity contribution in [2.24, 2.45) is 5.92 Å². The summed E-state index contributed by atoms with van der Waals surface area (Å²) in [5, 5.41) is 14.0. The first-order valence-electron chi connectivity index (χ1n) is 7.33. The molecule has 1 saturated heterocycles. The number of amides is 1. The zero-order chi connectivity index (χ0) is 14.5. The highest BCUT2D eigenvalue weighted by Crippen LogP contribution is 2.42. The molecule has 1 fully saturated rings. The first-order chi connectivity index (χ1) is 9.42. The lowest BCUT2D eigenvalue weighted by molar-refractivity contribution is -0.163. The van der Waals surface area contributed by atoms with Gasteiger partial charge in [0.15, 0.2) is 0 Å². The van der Waals surface area contributed by atoms with Gasteiger partial charge in [0.1, 0.15) is 0 Å². The maximum Gasteiger partial charge on any atom is 0.276 e. The highest BCUT2D eigenvalue weighted by atomic mass is 16.3. The summed E-state index contributed by atoms with van der Waals surface area (Å²) in [4.78, 5) is 14.4. The number of hydrogen-bond donors (Lipinski definition) is 2. The quantitative estimate of drug-likeness (QED) is 0.825. The van der Waals surface area contributed by atoms with Crippen molar-refractivity contribution in [1.29, 1.82) is 0 Å². The summed E-state index contributed by atoms with van der Waals surface area (Å²) in [6.07, 6.45) is 2.19. The number of anilines is 1. The number of nitrogens with one attached hydrogen (secondary N) is 1. The van der Waals surface area contributed by atoms with Crippen LogP contribution in [0.5, 0.6) is 0 Å². The van der Waals surface area contributed by atoms with Crippen molar-refractivity contribution in [3.05, 3.63) is 28.8 Å². The number of rotatable bonds is 1. The summed E-state index contributed by atoms with van der Waals surface area (Å²) in [5.41, 5.74) is 2.08. The standard InChI is InChI=1S/C16H22N2O2/c1-10-5-4-6-18(9-10)16(20)13-8-11(2)7-12(3)14(13)17-15(16)19/h7-8,10,20H,4-6,9H2,1-3H3,(H,17,19)/t10-,16-/m1/s1. The first kappa shape index (κ1) is 13.6. The average molecular weight is 274 g/mol. The van der Waals surface area contributed by atoms with E-state index < -0.39 is 5.72 Å². The van der Waals surface area contributed by atoms with E-state index in [0.717, 1.165) is 42.7 Å². The number of nitrogens with zero attached hydrogens (tertiary/aromatic N) is 1. The van der Waals surface area contributed by atoms with Crippen molar-refractivity contribution in [3.8, 4) is 0 Å². The lowest BCUT2D eigenvalue weighted by Gasteiger charge is -2.40. The molecule has 0 radical (unpaired) electrons. The molecule has 2 heterocycles. The van der Waals surface area contributed by atoms with E-state index in [2.05, 4.69) is 12.2 Å². The highest BCUT2D eigenvalue weighted by Gasteiger charge is 2.51. The van der Waals surface area contributed by atoms with Gasteiger partial charge in [-0.15, -0.1) is 0 Å². The zero-order valence-corrected chi connectivity index (χ0v) is 12.4. The Hall–Kier alpha value is -1.39. The van der Waals surface area contributed by atoms with Crippen molar-refractivity contribution in [2.75, 3.05) is 18.4 Å². The van der Waals surface area contributed by atoms with E-state index in [4.69, 9.17) is 0 Å². The van der Waals surface area contributed by atoms with Crippen LogP contribution in [-0.2, 0) is 10.5 Å². The van der Waals surface area contributed by atoms with Gasteiger partial charge in [-0.2, -0.15) is 0 Å². The van der Waals surface area contributed by atoms with Crippen molar-refractivity contribution in [2.45, 2.75) is 39.3 Å². The van der Waals surface area contributed by atoms with Crippen LogP contribution in [0.4, 0.5) is 5.69 Å². The predicted molar refractivity (Wildman–Crippen MR) is 78.4 cm³/mol. The number of carbonyl (C=O) groups excluding carboxylic acids is 1. The van der Waals surface area contributed by atoms with Gasteiger partial charge in [0.2, 0.25) is 5.72 Å². The van der Waals surface area contributed by atoms with Crippen LogP contribution in [0.15, 0.2) is 12.1 Å². The molecule has 2 N–H and O–H groups in total. The number of carbonyl (C=O) groups is 1. The molecule has 2 aliphatic rings. The largest absolute Gasteiger partial charge is 0.364 e. The van der Waals surface area contributed by atoms with Crippen molar-refractivity contribution >= 4 is 11.6 Å². The Bertz CT molecular complexity index is 570. The van der Waals surface area contributed by atoms with Gasteiger partial charge < -0.3 is 10.4 Å². The third kappa shape index (κ3) is 1.86. The number of aryl methyl sites for hydroxylation is 2. The zero-order valence-electron chi connectivity index (χ0n) is 12.4. The average Bonchev–Trinajstić information content (AvgIpc) is 2.64. The summed E-state index contributed by atoms with van der Waals surface area (Å²) in [6, 6.07) is 3.96. The maximum absolute atomic E-state index is 12.4. The SMILES string of the molecule is Cc1cc(C)c2c(c1)[C@](O)(N1CCC[C@@H](C)C1)C(=O)N2. The highest BCUT2D eigenvalue weighted by molar-refractivity contribution is 6.05. The lowest BCUT2D eigenvalue weighted by atomic mass is 9.93. The Morgan fingerprint density at radius 2 is 2.15 bits per heavy atom. The third-order valence-electron chi connectivity index (χ3n) is 4.53. The van der Waals surface area contributed by atoms with E-state index in [9.17, 15) is 9.90 Å². The van der Waals surface area contributed by atoms with Crippen LogP contribution < -0.4 is 5.32 Å². The van der Waals surface area contributed by atoms with Crippen LogP contribution in [0.2, 0.25) is 0 Å². The van der Waals surface area contributed by atoms with Crippen LogP contribution in [-0.4, -0.2) is 29.0 Å². The number of fused-ring (bicyclic) bond motifs is 1. The smallest absolute Gasteiger partial charge is 0.276 e. The van der Waals surface area contributed by atoms with E-state index in [0.29, 0.717) is 11.5 Å². The Balaban J connectivity index is 2.08. The van der Waals surface area contributed by atoms with E-state index >= 15 is 0 Å². The van der Waals surface area contributed by atoms with Gasteiger partial charge in [-0.3, -0.25) is 9.69 Å². The van der Waals surface area contributed by atoms with Crippen LogP contribution in [0, 0.1) is 19.8 Å².